The summed E-state index contributed by atoms with van der Waals surface area (Å²) in [6.45, 7) is 4.22. The second-order valence-electron chi connectivity index (χ2n) is 5.50. The van der Waals surface area contributed by atoms with Gasteiger partial charge in [-0.05, 0) is 32.3 Å². The molecule has 1 heterocycles. The minimum atomic E-state index is -0.110. The molecule has 7 heteroatoms. The molecule has 1 aliphatic heterocycles. The van der Waals surface area contributed by atoms with E-state index in [-0.39, 0.29) is 5.91 Å². The van der Waals surface area contributed by atoms with Crippen molar-refractivity contribution in [2.24, 2.45) is 11.0 Å². The van der Waals surface area contributed by atoms with Crippen molar-refractivity contribution in [3.8, 4) is 0 Å². The number of hydrogen-bond donors (Lipinski definition) is 3. The predicted molar refractivity (Wildman–Crippen MR) is 90.1 cm³/mol. The molecule has 1 aromatic carbocycles. The highest BCUT2D eigenvalue weighted by Crippen LogP contribution is 2.24. The van der Waals surface area contributed by atoms with Gasteiger partial charge in [0.05, 0.1) is 16.3 Å². The number of carbonyl (C=O) groups is 1. The molecule has 2 unspecified atom stereocenters. The van der Waals surface area contributed by atoms with Gasteiger partial charge in [0.2, 0.25) is 5.91 Å². The average Bonchev–Trinajstić information content (AvgIpc) is 2.80. The van der Waals surface area contributed by atoms with Crippen molar-refractivity contribution in [2.75, 3.05) is 0 Å². The van der Waals surface area contributed by atoms with Gasteiger partial charge in [0.15, 0.2) is 0 Å². The van der Waals surface area contributed by atoms with Gasteiger partial charge >= 0.3 is 0 Å². The highest BCUT2D eigenvalue weighted by molar-refractivity contribution is 6.43. The number of hydrazone groups is 1. The Morgan fingerprint density at radius 1 is 1.32 bits per heavy atom. The van der Waals surface area contributed by atoms with Gasteiger partial charge in [-0.2, -0.15) is 5.10 Å². The van der Waals surface area contributed by atoms with E-state index in [1.165, 1.54) is 6.21 Å². The van der Waals surface area contributed by atoms with Crippen LogP contribution in [0.3, 0.4) is 0 Å². The van der Waals surface area contributed by atoms with E-state index in [9.17, 15) is 4.79 Å². The Morgan fingerprint density at radius 3 is 2.68 bits per heavy atom. The molecule has 0 aliphatic carbocycles. The highest BCUT2D eigenvalue weighted by atomic mass is 35.5. The zero-order valence-corrected chi connectivity index (χ0v) is 14.1. The van der Waals surface area contributed by atoms with Crippen LogP contribution in [0.2, 0.25) is 10.0 Å². The topological polar surface area (TPSA) is 65.5 Å². The lowest BCUT2D eigenvalue weighted by Gasteiger charge is -2.16. The van der Waals surface area contributed by atoms with E-state index in [2.05, 4.69) is 35.2 Å². The summed E-state index contributed by atoms with van der Waals surface area (Å²) in [5, 5.41) is 4.81. The number of carbonyl (C=O) groups excluding carboxylic acids is 1. The van der Waals surface area contributed by atoms with Crippen molar-refractivity contribution < 1.29 is 4.79 Å². The average molecular weight is 343 g/mol. The Hall–Kier alpha value is -1.14. The lowest BCUT2D eigenvalue weighted by molar-refractivity contribution is -0.121. The largest absolute Gasteiger partial charge is 0.273 e. The second kappa shape index (κ2) is 7.92. The molecule has 3 N–H and O–H groups in total. The van der Waals surface area contributed by atoms with Crippen LogP contribution in [0.1, 0.15) is 32.3 Å². The number of nitrogens with one attached hydrogen (secondary N) is 3. The molecule has 1 saturated heterocycles. The molecule has 1 fully saturated rings. The lowest BCUT2D eigenvalue weighted by Crippen LogP contribution is -2.30. The van der Waals surface area contributed by atoms with Crippen molar-refractivity contribution in [3.63, 3.8) is 0 Å². The fourth-order valence-electron chi connectivity index (χ4n) is 2.56. The molecule has 0 bridgehead atoms. The molecule has 1 aliphatic rings. The van der Waals surface area contributed by atoms with Crippen LogP contribution >= 0.6 is 23.2 Å². The molecule has 120 valence electrons. The Morgan fingerprint density at radius 2 is 2.00 bits per heavy atom. The molecule has 0 radical (unpaired) electrons. The molecule has 2 atom stereocenters. The quantitative estimate of drug-likeness (QED) is 0.569. The van der Waals surface area contributed by atoms with Gasteiger partial charge in [0.25, 0.3) is 0 Å². The molecular formula is C15H20Cl2N4O. The van der Waals surface area contributed by atoms with Crippen molar-refractivity contribution in [1.29, 1.82) is 0 Å². The van der Waals surface area contributed by atoms with Crippen LogP contribution in [0.25, 0.3) is 0 Å². The minimum absolute atomic E-state index is 0.110. The van der Waals surface area contributed by atoms with Gasteiger partial charge in [0, 0.05) is 24.1 Å². The van der Waals surface area contributed by atoms with Crippen LogP contribution in [0.15, 0.2) is 23.3 Å². The van der Waals surface area contributed by atoms with Crippen LogP contribution in [0, 0.1) is 5.92 Å². The zero-order valence-electron chi connectivity index (χ0n) is 12.6. The molecule has 0 saturated carbocycles. The molecule has 0 aromatic heterocycles. The molecule has 2 rings (SSSR count). The third-order valence-corrected chi connectivity index (χ3v) is 4.74. The van der Waals surface area contributed by atoms with Gasteiger partial charge < -0.3 is 0 Å². The Labute approximate surface area is 140 Å². The maximum atomic E-state index is 11.8. The third-order valence-electron chi connectivity index (χ3n) is 3.90. The monoisotopic (exact) mass is 342 g/mol. The Kier molecular flexibility index (Phi) is 6.20. The molecular weight excluding hydrogens is 323 g/mol. The maximum absolute atomic E-state index is 11.8. The number of benzene rings is 1. The van der Waals surface area contributed by atoms with Gasteiger partial charge in [-0.3, -0.25) is 15.6 Å². The molecule has 22 heavy (non-hydrogen) atoms. The smallest absolute Gasteiger partial charge is 0.240 e. The summed E-state index contributed by atoms with van der Waals surface area (Å²) in [5.41, 5.74) is 9.55. The lowest BCUT2D eigenvalue weighted by atomic mass is 9.91. The van der Waals surface area contributed by atoms with Crippen LogP contribution in [-0.2, 0) is 4.79 Å². The standard InChI is InChI=1S/C15H20Cl2N4O/c1-9-12(10(2)20-19-9)6-7-14(22)21-18-8-11-4-3-5-13(16)15(11)17/h3-5,8-10,12,19-20H,6-7H2,1-2H3,(H,21,22)/b18-8-. The minimum Gasteiger partial charge on any atom is -0.273 e. The van der Waals surface area contributed by atoms with Crippen molar-refractivity contribution in [3.05, 3.63) is 33.8 Å². The molecule has 5 nitrogen and oxygen atoms in total. The van der Waals surface area contributed by atoms with E-state index in [0.29, 0.717) is 40.0 Å². The summed E-state index contributed by atoms with van der Waals surface area (Å²) in [6.07, 6.45) is 2.74. The van der Waals surface area contributed by atoms with E-state index >= 15 is 0 Å². The first-order valence-corrected chi connectivity index (χ1v) is 8.01. The van der Waals surface area contributed by atoms with Gasteiger partial charge in [-0.15, -0.1) is 0 Å². The van der Waals surface area contributed by atoms with E-state index in [4.69, 9.17) is 23.2 Å². The first-order valence-electron chi connectivity index (χ1n) is 7.26. The first kappa shape index (κ1) is 17.2. The first-order chi connectivity index (χ1) is 10.5. The second-order valence-corrected chi connectivity index (χ2v) is 6.29. The van der Waals surface area contributed by atoms with Gasteiger partial charge in [0.1, 0.15) is 0 Å². The summed E-state index contributed by atoms with van der Waals surface area (Å²) >= 11 is 12.0. The van der Waals surface area contributed by atoms with Crippen LogP contribution in [-0.4, -0.2) is 24.2 Å². The van der Waals surface area contributed by atoms with Crippen LogP contribution in [0.4, 0.5) is 0 Å². The highest BCUT2D eigenvalue weighted by Gasteiger charge is 2.29. The zero-order chi connectivity index (χ0) is 16.1. The fourth-order valence-corrected chi connectivity index (χ4v) is 2.91. The van der Waals surface area contributed by atoms with Crippen LogP contribution in [0.5, 0.6) is 0 Å². The predicted octanol–water partition coefficient (Wildman–Crippen LogP) is 2.72. The SMILES string of the molecule is CC1NNC(C)C1CCC(=O)N/N=C\c1cccc(Cl)c1Cl. The maximum Gasteiger partial charge on any atom is 0.240 e. The van der Waals surface area contributed by atoms with E-state index in [0.717, 1.165) is 6.42 Å². The Bertz CT molecular complexity index is 554. The van der Waals surface area contributed by atoms with E-state index < -0.39 is 0 Å². The molecule has 0 spiro atoms. The normalized spacial score (nSPS) is 24.8. The number of amides is 1. The van der Waals surface area contributed by atoms with Gasteiger partial charge in [-0.25, -0.2) is 5.43 Å². The number of nitrogens with zero attached hydrogens (tertiary/aromatic N) is 1. The van der Waals surface area contributed by atoms with Crippen molar-refractivity contribution in [1.82, 2.24) is 16.3 Å². The summed E-state index contributed by atoms with van der Waals surface area (Å²) < 4.78 is 0. The summed E-state index contributed by atoms with van der Waals surface area (Å²) in [6, 6.07) is 5.97. The molecule has 1 amide bonds. The van der Waals surface area contributed by atoms with Crippen LogP contribution < -0.4 is 16.3 Å². The van der Waals surface area contributed by atoms with Crippen molar-refractivity contribution >= 4 is 35.3 Å². The summed E-state index contributed by atoms with van der Waals surface area (Å²) in [7, 11) is 0. The fraction of sp³-hybridized carbons (Fsp3) is 0.467. The number of rotatable bonds is 5. The van der Waals surface area contributed by atoms with E-state index in [1.807, 2.05) is 0 Å². The number of hydrogen-bond acceptors (Lipinski definition) is 4. The van der Waals surface area contributed by atoms with E-state index in [1.54, 1.807) is 18.2 Å². The summed E-state index contributed by atoms with van der Waals surface area (Å²) in [4.78, 5) is 11.8. The van der Waals surface area contributed by atoms with Gasteiger partial charge in [-0.1, -0.05) is 35.3 Å². The number of hydrazine groups is 1. The number of halogens is 2. The third kappa shape index (κ3) is 4.43. The molecule has 1 aromatic rings. The summed E-state index contributed by atoms with van der Waals surface area (Å²) in [5.74, 6) is 0.317. The Balaban J connectivity index is 1.80. The van der Waals surface area contributed by atoms with Crippen molar-refractivity contribution in [2.45, 2.75) is 38.8 Å².